The fourth-order valence-electron chi connectivity index (χ4n) is 9.77. The number of aromatic nitrogens is 3. The molecule has 0 aliphatic carbocycles. The maximum Gasteiger partial charge on any atom is 0.0859 e. The molecule has 0 saturated carbocycles. The van der Waals surface area contributed by atoms with Gasteiger partial charge in [-0.15, -0.1) is 59.7 Å². The normalized spacial score (nSPS) is 11.5. The van der Waals surface area contributed by atoms with Gasteiger partial charge in [-0.05, 0) is 84.9 Å². The molecule has 0 amide bonds. The second-order valence-corrected chi connectivity index (χ2v) is 17.5. The van der Waals surface area contributed by atoms with Crippen molar-refractivity contribution in [1.82, 2.24) is 14.5 Å². The molecule has 2 heterocycles. The van der Waals surface area contributed by atoms with Crippen LogP contribution in [0.15, 0.2) is 200 Å². The summed E-state index contributed by atoms with van der Waals surface area (Å²) >= 11 is 0. The zero-order valence-electron chi connectivity index (χ0n) is 37.4. The molecule has 0 saturated heterocycles. The van der Waals surface area contributed by atoms with Gasteiger partial charge in [-0.1, -0.05) is 183 Å². The van der Waals surface area contributed by atoms with Gasteiger partial charge in [-0.3, -0.25) is 4.98 Å². The molecule has 2 aromatic heterocycles. The molecule has 12 aromatic rings. The van der Waals surface area contributed by atoms with Gasteiger partial charge in [0.15, 0.2) is 0 Å². The average molecular weight is 1030 g/mol. The van der Waals surface area contributed by atoms with Gasteiger partial charge in [0.1, 0.15) is 0 Å². The summed E-state index contributed by atoms with van der Waals surface area (Å²) in [6, 6.07) is 76.0. The topological polar surface area (TPSA) is 30.7 Å². The molecular weight excluding hydrogens is 979 g/mol. The molecular formula is C62H47IrN3-2. The molecule has 0 N–H and O–H groups in total. The molecule has 4 heteroatoms. The molecule has 0 atom stereocenters. The Bertz CT molecular complexity index is 3600. The summed E-state index contributed by atoms with van der Waals surface area (Å²) in [5.41, 5.74) is 11.5. The largest absolute Gasteiger partial charge is 0.332 e. The predicted octanol–water partition coefficient (Wildman–Crippen LogP) is 16.7. The first-order valence-electron chi connectivity index (χ1n) is 22.6. The third-order valence-corrected chi connectivity index (χ3v) is 12.8. The Morgan fingerprint density at radius 1 is 0.439 bits per heavy atom. The van der Waals surface area contributed by atoms with Crippen molar-refractivity contribution in [3.05, 3.63) is 224 Å². The van der Waals surface area contributed by atoms with E-state index in [1.54, 1.807) is 6.20 Å². The molecule has 0 unspecified atom stereocenters. The Balaban J connectivity index is 0.000000342. The number of fused-ring (bicyclic) bond motifs is 12. The van der Waals surface area contributed by atoms with Crippen LogP contribution in [0.3, 0.4) is 0 Å². The molecule has 0 spiro atoms. The van der Waals surface area contributed by atoms with Crippen molar-refractivity contribution >= 4 is 64.9 Å². The molecule has 0 aliphatic heterocycles. The van der Waals surface area contributed by atoms with E-state index in [0.717, 1.165) is 39.1 Å². The summed E-state index contributed by atoms with van der Waals surface area (Å²) in [4.78, 5) is 9.92. The van der Waals surface area contributed by atoms with Crippen LogP contribution in [0.1, 0.15) is 50.7 Å². The number of nitrogens with zero attached hydrogens (tertiary/aromatic N) is 3. The Kier molecular flexibility index (Phi) is 11.6. The fourth-order valence-corrected chi connectivity index (χ4v) is 9.77. The van der Waals surface area contributed by atoms with E-state index < -0.39 is 0 Å². The van der Waals surface area contributed by atoms with E-state index in [0.29, 0.717) is 0 Å². The van der Waals surface area contributed by atoms with Crippen molar-refractivity contribution < 1.29 is 20.1 Å². The molecule has 3 nitrogen and oxygen atoms in total. The number of imidazole rings is 1. The van der Waals surface area contributed by atoms with Gasteiger partial charge < -0.3 is 9.55 Å². The quantitative estimate of drug-likeness (QED) is 0.123. The smallest absolute Gasteiger partial charge is 0.0859 e. The van der Waals surface area contributed by atoms with Crippen LogP contribution in [-0.2, 0) is 20.1 Å². The zero-order chi connectivity index (χ0) is 44.0. The van der Waals surface area contributed by atoms with Crippen LogP contribution in [0.5, 0.6) is 0 Å². The van der Waals surface area contributed by atoms with Crippen LogP contribution in [0.25, 0.3) is 104 Å². The van der Waals surface area contributed by atoms with E-state index in [1.165, 1.54) is 76.4 Å². The number of hydrogen-bond donors (Lipinski definition) is 0. The SMILES string of the molecule is CC(C)c1cc(-c2ccccc2)cc(C(C)C)c1-n1c(-c2[c-]cc3c4ccccc4c4ccccc4c3c2)nc2c3ccccc3c3ccccc3c21.[Ir].[c-]1ccccc1-c1ccccn1. The minimum Gasteiger partial charge on any atom is -0.332 e. The van der Waals surface area contributed by atoms with Crippen LogP contribution >= 0.6 is 0 Å². The Morgan fingerprint density at radius 3 is 1.53 bits per heavy atom. The number of pyridine rings is 1. The average Bonchev–Trinajstić information content (AvgIpc) is 3.78. The first-order chi connectivity index (χ1) is 31.9. The molecule has 10 aromatic carbocycles. The monoisotopic (exact) mass is 1030 g/mol. The van der Waals surface area contributed by atoms with E-state index in [2.05, 4.69) is 201 Å². The third-order valence-electron chi connectivity index (χ3n) is 12.8. The van der Waals surface area contributed by atoms with E-state index in [-0.39, 0.29) is 31.9 Å². The maximum absolute atomic E-state index is 5.70. The minimum absolute atomic E-state index is 0. The molecule has 1 radical (unpaired) electrons. The van der Waals surface area contributed by atoms with Crippen LogP contribution < -0.4 is 0 Å². The Hall–Kier alpha value is -7.23. The van der Waals surface area contributed by atoms with Gasteiger partial charge in [-0.25, -0.2) is 0 Å². The molecule has 0 bridgehead atoms. The van der Waals surface area contributed by atoms with Gasteiger partial charge in [-0.2, -0.15) is 0 Å². The van der Waals surface area contributed by atoms with Crippen molar-refractivity contribution in [2.45, 2.75) is 39.5 Å². The van der Waals surface area contributed by atoms with Crippen LogP contribution in [0.2, 0.25) is 0 Å². The zero-order valence-corrected chi connectivity index (χ0v) is 39.8. The standard InChI is InChI=1S/C51H39N2.C11H8N.Ir/c1-31(2)45-29-35(33-16-6-5-7-17-33)30-46(32(3)4)49(45)53-50-44-25-15-13-22-40(44)39-21-12-14-24-43(39)48(50)52-51(53)34-26-27-42-38-20-9-8-18-36(38)37-19-10-11-23-41(37)47(42)28-34;1-2-6-10(7-3-1)11-8-4-5-9-12-11;/h5-25,27-32H,1-4H3;1-6,8-9H;/q2*-1;. The van der Waals surface area contributed by atoms with E-state index in [9.17, 15) is 0 Å². The molecule has 66 heavy (non-hydrogen) atoms. The van der Waals surface area contributed by atoms with E-state index in [4.69, 9.17) is 4.98 Å². The molecule has 0 aliphatic rings. The number of hydrogen-bond acceptors (Lipinski definition) is 2. The van der Waals surface area contributed by atoms with E-state index >= 15 is 0 Å². The van der Waals surface area contributed by atoms with Gasteiger partial charge in [0, 0.05) is 42.8 Å². The van der Waals surface area contributed by atoms with Gasteiger partial charge in [0.2, 0.25) is 0 Å². The molecule has 321 valence electrons. The van der Waals surface area contributed by atoms with Crippen LogP contribution in [0.4, 0.5) is 0 Å². The van der Waals surface area contributed by atoms with Crippen LogP contribution in [-0.4, -0.2) is 14.5 Å². The van der Waals surface area contributed by atoms with Crippen molar-refractivity contribution in [2.75, 3.05) is 0 Å². The Labute approximate surface area is 399 Å². The molecule has 0 fully saturated rings. The number of benzene rings is 10. The third kappa shape index (κ3) is 7.47. The summed E-state index contributed by atoms with van der Waals surface area (Å²) in [5.74, 6) is 1.44. The summed E-state index contributed by atoms with van der Waals surface area (Å²) < 4.78 is 2.50. The van der Waals surface area contributed by atoms with Gasteiger partial charge in [0.25, 0.3) is 0 Å². The number of rotatable bonds is 6. The second-order valence-electron chi connectivity index (χ2n) is 17.5. The van der Waals surface area contributed by atoms with Crippen molar-refractivity contribution in [2.24, 2.45) is 0 Å². The summed E-state index contributed by atoms with van der Waals surface area (Å²) in [7, 11) is 0. The summed E-state index contributed by atoms with van der Waals surface area (Å²) in [6.45, 7) is 9.29. The van der Waals surface area contributed by atoms with Crippen molar-refractivity contribution in [3.63, 3.8) is 0 Å². The second kappa shape index (κ2) is 18.0. The van der Waals surface area contributed by atoms with E-state index in [1.807, 2.05) is 42.5 Å². The Morgan fingerprint density at radius 2 is 0.955 bits per heavy atom. The van der Waals surface area contributed by atoms with Crippen LogP contribution in [0, 0.1) is 12.1 Å². The first-order valence-corrected chi connectivity index (χ1v) is 22.6. The summed E-state index contributed by atoms with van der Waals surface area (Å²) in [5, 5.41) is 12.3. The van der Waals surface area contributed by atoms with Gasteiger partial charge in [0.05, 0.1) is 16.9 Å². The maximum atomic E-state index is 5.70. The molecule has 12 rings (SSSR count). The minimum atomic E-state index is 0. The summed E-state index contributed by atoms with van der Waals surface area (Å²) in [6.07, 6.45) is 1.79. The first kappa shape index (κ1) is 42.7. The van der Waals surface area contributed by atoms with Crippen molar-refractivity contribution in [3.8, 4) is 39.5 Å². The fraction of sp³-hybridized carbons (Fsp3) is 0.0968. The van der Waals surface area contributed by atoms with Gasteiger partial charge >= 0.3 is 0 Å². The van der Waals surface area contributed by atoms with Crippen molar-refractivity contribution in [1.29, 1.82) is 0 Å². The predicted molar refractivity (Wildman–Crippen MR) is 275 cm³/mol.